The molecule has 2 aromatic rings. The van der Waals surface area contributed by atoms with E-state index in [9.17, 15) is 9.90 Å². The van der Waals surface area contributed by atoms with Crippen molar-refractivity contribution in [2.24, 2.45) is 5.92 Å². The Kier molecular flexibility index (Phi) is 4.68. The van der Waals surface area contributed by atoms with Gasteiger partial charge < -0.3 is 10.0 Å². The molecule has 142 valence electrons. The fourth-order valence-corrected chi connectivity index (χ4v) is 4.78. The number of hydrogen-bond acceptors (Lipinski definition) is 3. The summed E-state index contributed by atoms with van der Waals surface area (Å²) in [6, 6.07) is 17.6. The van der Waals surface area contributed by atoms with Crippen LogP contribution in [0.1, 0.15) is 36.2 Å². The molecular formula is C23H28N2O2. The summed E-state index contributed by atoms with van der Waals surface area (Å²) >= 11 is 0. The molecule has 0 saturated carbocycles. The Morgan fingerprint density at radius 3 is 2.59 bits per heavy atom. The van der Waals surface area contributed by atoms with Crippen molar-refractivity contribution in [3.05, 3.63) is 65.7 Å². The largest absolute Gasteiger partial charge is 0.508 e. The lowest BCUT2D eigenvalue weighted by atomic mass is 9.65. The van der Waals surface area contributed by atoms with Crippen LogP contribution in [0.25, 0.3) is 0 Å². The highest BCUT2D eigenvalue weighted by molar-refractivity contribution is 5.94. The number of carbonyl (C=O) groups excluding carboxylic acids is 1. The first-order valence-electron chi connectivity index (χ1n) is 9.85. The number of benzene rings is 2. The lowest BCUT2D eigenvalue weighted by Gasteiger charge is -2.53. The number of aromatic hydroxyl groups is 1. The summed E-state index contributed by atoms with van der Waals surface area (Å²) in [5, 5.41) is 9.95. The number of piperazine rings is 1. The third-order valence-corrected chi connectivity index (χ3v) is 6.67. The minimum atomic E-state index is -0.00128. The van der Waals surface area contributed by atoms with Gasteiger partial charge in [-0.1, -0.05) is 44.2 Å². The molecular weight excluding hydrogens is 336 g/mol. The molecule has 1 amide bonds. The smallest absolute Gasteiger partial charge is 0.253 e. The Labute approximate surface area is 161 Å². The molecule has 2 saturated heterocycles. The molecule has 4 rings (SSSR count). The topological polar surface area (TPSA) is 43.8 Å². The van der Waals surface area contributed by atoms with E-state index in [4.69, 9.17) is 0 Å². The molecule has 0 aromatic heterocycles. The Balaban J connectivity index is 1.55. The Hall–Kier alpha value is -2.33. The second-order valence-corrected chi connectivity index (χ2v) is 8.34. The van der Waals surface area contributed by atoms with Gasteiger partial charge in [0.2, 0.25) is 0 Å². The minimum Gasteiger partial charge on any atom is -0.508 e. The lowest BCUT2D eigenvalue weighted by molar-refractivity contribution is -0.000249. The number of carbonyl (C=O) groups is 1. The van der Waals surface area contributed by atoms with Crippen LogP contribution in [0.15, 0.2) is 54.6 Å². The van der Waals surface area contributed by atoms with Crippen LogP contribution in [-0.2, 0) is 5.41 Å². The van der Waals surface area contributed by atoms with Crippen LogP contribution < -0.4 is 0 Å². The van der Waals surface area contributed by atoms with Gasteiger partial charge >= 0.3 is 0 Å². The van der Waals surface area contributed by atoms with Gasteiger partial charge in [0.25, 0.3) is 5.91 Å². The molecule has 0 aliphatic carbocycles. The van der Waals surface area contributed by atoms with E-state index < -0.39 is 0 Å². The van der Waals surface area contributed by atoms with Crippen molar-refractivity contribution in [1.29, 1.82) is 0 Å². The van der Waals surface area contributed by atoms with Gasteiger partial charge in [0, 0.05) is 37.8 Å². The normalized spacial score (nSPS) is 28.6. The van der Waals surface area contributed by atoms with E-state index in [0.29, 0.717) is 17.7 Å². The summed E-state index contributed by atoms with van der Waals surface area (Å²) in [6.07, 6.45) is 0.996. The SMILES string of the molecule is C[C@H]1CN2CCN(C(=O)c3ccccc3)C[C@@H]2C[C@@]1(C)c1cccc(O)c1. The first-order chi connectivity index (χ1) is 13.0. The number of fused-ring (bicyclic) bond motifs is 1. The van der Waals surface area contributed by atoms with Crippen molar-refractivity contribution < 1.29 is 9.90 Å². The maximum atomic E-state index is 12.9. The summed E-state index contributed by atoms with van der Waals surface area (Å²) in [5.41, 5.74) is 1.96. The standard InChI is InChI=1S/C23H28N2O2/c1-17-15-24-11-12-25(22(27)18-7-4-3-5-8-18)16-20(24)14-23(17,2)19-9-6-10-21(26)13-19/h3-10,13,17,20,26H,11-12,14-16H2,1-2H3/t17-,20-,23+/m0/s1. The van der Waals surface area contributed by atoms with E-state index in [0.717, 1.165) is 38.2 Å². The summed E-state index contributed by atoms with van der Waals surface area (Å²) in [5.74, 6) is 0.952. The van der Waals surface area contributed by atoms with Crippen molar-refractivity contribution in [1.82, 2.24) is 9.80 Å². The van der Waals surface area contributed by atoms with Gasteiger partial charge in [-0.3, -0.25) is 9.69 Å². The third-order valence-electron chi connectivity index (χ3n) is 6.67. The van der Waals surface area contributed by atoms with Crippen LogP contribution in [0.3, 0.4) is 0 Å². The highest BCUT2D eigenvalue weighted by Crippen LogP contribution is 2.43. The zero-order chi connectivity index (χ0) is 19.0. The quantitative estimate of drug-likeness (QED) is 0.887. The van der Waals surface area contributed by atoms with Crippen molar-refractivity contribution in [3.63, 3.8) is 0 Å². The highest BCUT2D eigenvalue weighted by atomic mass is 16.3. The van der Waals surface area contributed by atoms with E-state index in [1.54, 1.807) is 6.07 Å². The van der Waals surface area contributed by atoms with Crippen LogP contribution >= 0.6 is 0 Å². The van der Waals surface area contributed by atoms with Crippen molar-refractivity contribution in [2.45, 2.75) is 31.7 Å². The van der Waals surface area contributed by atoms with Gasteiger partial charge in [0.15, 0.2) is 0 Å². The molecule has 0 spiro atoms. The molecule has 4 heteroatoms. The highest BCUT2D eigenvalue weighted by Gasteiger charge is 2.45. The number of phenols is 1. The fourth-order valence-electron chi connectivity index (χ4n) is 4.78. The van der Waals surface area contributed by atoms with E-state index >= 15 is 0 Å². The van der Waals surface area contributed by atoms with Gasteiger partial charge in [-0.15, -0.1) is 0 Å². The van der Waals surface area contributed by atoms with Crippen LogP contribution in [0.5, 0.6) is 5.75 Å². The predicted octanol–water partition coefficient (Wildman–Crippen LogP) is 3.52. The van der Waals surface area contributed by atoms with E-state index in [2.05, 4.69) is 24.8 Å². The van der Waals surface area contributed by atoms with E-state index in [1.165, 1.54) is 5.56 Å². The zero-order valence-corrected chi connectivity index (χ0v) is 16.1. The van der Waals surface area contributed by atoms with Gasteiger partial charge in [-0.2, -0.15) is 0 Å². The minimum absolute atomic E-state index is 0.00128. The van der Waals surface area contributed by atoms with Gasteiger partial charge in [0.05, 0.1) is 0 Å². The maximum absolute atomic E-state index is 12.9. The Bertz CT molecular complexity index is 822. The molecule has 3 atom stereocenters. The fraction of sp³-hybridized carbons (Fsp3) is 0.435. The second kappa shape index (κ2) is 7.01. The molecule has 0 bridgehead atoms. The number of amides is 1. The van der Waals surface area contributed by atoms with Gasteiger partial charge in [0.1, 0.15) is 5.75 Å². The summed E-state index contributed by atoms with van der Waals surface area (Å²) < 4.78 is 0. The number of nitrogens with zero attached hydrogens (tertiary/aromatic N) is 2. The van der Waals surface area contributed by atoms with Crippen molar-refractivity contribution >= 4 is 5.91 Å². The van der Waals surface area contributed by atoms with Crippen molar-refractivity contribution in [3.8, 4) is 5.75 Å². The zero-order valence-electron chi connectivity index (χ0n) is 16.1. The van der Waals surface area contributed by atoms with Crippen LogP contribution in [0.2, 0.25) is 0 Å². The molecule has 2 aliphatic heterocycles. The van der Waals surface area contributed by atoms with Crippen LogP contribution in [-0.4, -0.2) is 53.0 Å². The first-order valence-corrected chi connectivity index (χ1v) is 9.85. The summed E-state index contributed by atoms with van der Waals surface area (Å²) in [6.45, 7) is 8.14. The summed E-state index contributed by atoms with van der Waals surface area (Å²) in [4.78, 5) is 17.4. The van der Waals surface area contributed by atoms with Gasteiger partial charge in [-0.25, -0.2) is 0 Å². The molecule has 2 heterocycles. The first kappa shape index (κ1) is 18.1. The van der Waals surface area contributed by atoms with E-state index in [-0.39, 0.29) is 11.3 Å². The number of phenolic OH excluding ortho intramolecular Hbond substituents is 1. The molecule has 27 heavy (non-hydrogen) atoms. The van der Waals surface area contributed by atoms with Gasteiger partial charge in [-0.05, 0) is 47.6 Å². The predicted molar refractivity (Wildman–Crippen MR) is 107 cm³/mol. The third kappa shape index (κ3) is 3.34. The maximum Gasteiger partial charge on any atom is 0.253 e. The molecule has 2 aromatic carbocycles. The average molecular weight is 364 g/mol. The average Bonchev–Trinajstić information content (AvgIpc) is 2.68. The lowest BCUT2D eigenvalue weighted by Crippen LogP contribution is -2.61. The number of hydrogen-bond donors (Lipinski definition) is 1. The molecule has 2 aliphatic rings. The molecule has 0 unspecified atom stereocenters. The van der Waals surface area contributed by atoms with Crippen LogP contribution in [0.4, 0.5) is 0 Å². The Morgan fingerprint density at radius 2 is 1.85 bits per heavy atom. The van der Waals surface area contributed by atoms with Crippen molar-refractivity contribution in [2.75, 3.05) is 26.2 Å². The van der Waals surface area contributed by atoms with E-state index in [1.807, 2.05) is 47.4 Å². The Morgan fingerprint density at radius 1 is 1.07 bits per heavy atom. The number of piperidine rings is 1. The summed E-state index contributed by atoms with van der Waals surface area (Å²) in [7, 11) is 0. The number of rotatable bonds is 2. The molecule has 4 nitrogen and oxygen atoms in total. The molecule has 1 N–H and O–H groups in total. The van der Waals surface area contributed by atoms with Crippen LogP contribution in [0, 0.1) is 5.92 Å². The monoisotopic (exact) mass is 364 g/mol. The molecule has 2 fully saturated rings. The second-order valence-electron chi connectivity index (χ2n) is 8.34. The molecule has 0 radical (unpaired) electrons.